The molecule has 1 aliphatic rings. The highest BCUT2D eigenvalue weighted by atomic mass is 16.6. The molecule has 0 bridgehead atoms. The molecule has 1 aromatic carbocycles. The molecule has 278 valence electrons. The van der Waals surface area contributed by atoms with Crippen molar-refractivity contribution in [3.8, 4) is 0 Å². The van der Waals surface area contributed by atoms with Gasteiger partial charge in [0.1, 0.15) is 17.7 Å². The summed E-state index contributed by atoms with van der Waals surface area (Å²) in [6, 6.07) is 7.43. The third-order valence-corrected chi connectivity index (χ3v) is 9.17. The Morgan fingerprint density at radius 1 is 0.939 bits per heavy atom. The van der Waals surface area contributed by atoms with Gasteiger partial charge in [-0.25, -0.2) is 4.79 Å². The van der Waals surface area contributed by atoms with Crippen molar-refractivity contribution in [1.82, 2.24) is 20.9 Å². The van der Waals surface area contributed by atoms with Crippen LogP contribution in [0, 0.1) is 17.3 Å². The van der Waals surface area contributed by atoms with Crippen molar-refractivity contribution in [2.75, 3.05) is 13.6 Å². The molecule has 0 aromatic heterocycles. The Balaban J connectivity index is 2.25. The number of carbonyl (C=O) groups excluding carboxylic acids is 4. The Bertz CT molecular complexity index is 1170. The molecule has 10 nitrogen and oxygen atoms in total. The number of likely N-dealkylation sites (N-methyl/N-ethyl adjacent to an activating group) is 1. The summed E-state index contributed by atoms with van der Waals surface area (Å²) in [4.78, 5) is 55.3. The third kappa shape index (κ3) is 16.0. The number of rotatable bonds is 17. The molecular weight excluding hydrogens is 620 g/mol. The van der Waals surface area contributed by atoms with Crippen LogP contribution in [0.3, 0.4) is 0 Å². The lowest BCUT2D eigenvalue weighted by molar-refractivity contribution is -0.141. The van der Waals surface area contributed by atoms with Gasteiger partial charge in [0.15, 0.2) is 0 Å². The maximum atomic E-state index is 14.1. The number of nitrogens with one attached hydrogen (secondary N) is 3. The van der Waals surface area contributed by atoms with Gasteiger partial charge in [-0.05, 0) is 69.8 Å². The van der Waals surface area contributed by atoms with E-state index in [0.29, 0.717) is 44.6 Å². The summed E-state index contributed by atoms with van der Waals surface area (Å²) >= 11 is 0. The van der Waals surface area contributed by atoms with E-state index >= 15 is 0 Å². The van der Waals surface area contributed by atoms with Crippen LogP contribution < -0.4 is 16.0 Å². The average Bonchev–Trinajstić information content (AvgIpc) is 3.03. The molecule has 0 aliphatic heterocycles. The van der Waals surface area contributed by atoms with Crippen molar-refractivity contribution in [2.45, 2.75) is 156 Å². The van der Waals surface area contributed by atoms with Crippen molar-refractivity contribution in [1.29, 1.82) is 0 Å². The monoisotopic (exact) mass is 686 g/mol. The van der Waals surface area contributed by atoms with Crippen LogP contribution in [0.2, 0.25) is 0 Å². The molecule has 0 spiro atoms. The predicted molar refractivity (Wildman–Crippen MR) is 195 cm³/mol. The molecular formula is C39H66N4O6. The van der Waals surface area contributed by atoms with Crippen molar-refractivity contribution in [3.63, 3.8) is 0 Å². The van der Waals surface area contributed by atoms with Crippen molar-refractivity contribution >= 4 is 23.8 Å². The van der Waals surface area contributed by atoms with Gasteiger partial charge in [-0.1, -0.05) is 103 Å². The Morgan fingerprint density at radius 2 is 1.57 bits per heavy atom. The lowest BCUT2D eigenvalue weighted by Crippen LogP contribution is -2.57. The van der Waals surface area contributed by atoms with Gasteiger partial charge in [0.25, 0.3) is 0 Å². The van der Waals surface area contributed by atoms with Crippen LogP contribution in [0.1, 0.15) is 125 Å². The largest absolute Gasteiger partial charge is 0.444 e. The highest BCUT2D eigenvalue weighted by Crippen LogP contribution is 2.29. The second-order valence-corrected chi connectivity index (χ2v) is 16.3. The smallest absolute Gasteiger partial charge is 0.408 e. The number of aliphatic hydroxyl groups excluding tert-OH is 1. The highest BCUT2D eigenvalue weighted by Gasteiger charge is 2.35. The molecule has 1 aromatic rings. The molecule has 0 saturated heterocycles. The van der Waals surface area contributed by atoms with Gasteiger partial charge in [0.2, 0.25) is 17.7 Å². The van der Waals surface area contributed by atoms with E-state index in [9.17, 15) is 24.3 Å². The van der Waals surface area contributed by atoms with Crippen LogP contribution in [-0.2, 0) is 25.5 Å². The van der Waals surface area contributed by atoms with Crippen LogP contribution in [0.5, 0.6) is 0 Å². The van der Waals surface area contributed by atoms with Crippen molar-refractivity contribution in [2.24, 2.45) is 17.3 Å². The maximum absolute atomic E-state index is 14.1. The molecule has 1 saturated carbocycles. The van der Waals surface area contributed by atoms with Gasteiger partial charge in [-0.15, -0.1) is 0 Å². The molecule has 1 aliphatic carbocycles. The molecule has 1 fully saturated rings. The number of hydrogen-bond donors (Lipinski definition) is 4. The number of alkyl carbamates (subject to hydrolysis) is 1. The van der Waals surface area contributed by atoms with Gasteiger partial charge in [-0.2, -0.15) is 0 Å². The first kappa shape index (κ1) is 42.0. The van der Waals surface area contributed by atoms with E-state index in [0.717, 1.165) is 31.2 Å². The normalized spacial score (nSPS) is 17.2. The SMILES string of the molecule is CCC[C@@H](C(=O)N[C@@H](CC1CCCCC1)[C@@H](O)C[C@@H](C)C(=O)NCC(C)(C)C)N(C)C(=O)[C@H](CCc1ccccc1)NC(=O)OC(C)(C)C. The number of benzene rings is 1. The van der Waals surface area contributed by atoms with Gasteiger partial charge < -0.3 is 30.7 Å². The van der Waals surface area contributed by atoms with E-state index in [1.54, 1.807) is 34.7 Å². The summed E-state index contributed by atoms with van der Waals surface area (Å²) in [6.45, 7) is 15.7. The molecule has 0 heterocycles. The Morgan fingerprint density at radius 3 is 2.14 bits per heavy atom. The maximum Gasteiger partial charge on any atom is 0.408 e. The van der Waals surface area contributed by atoms with Crippen LogP contribution in [-0.4, -0.2) is 77.2 Å². The van der Waals surface area contributed by atoms with Crippen molar-refractivity contribution < 1.29 is 29.0 Å². The van der Waals surface area contributed by atoms with E-state index in [-0.39, 0.29) is 29.6 Å². The quantitative estimate of drug-likeness (QED) is 0.155. The van der Waals surface area contributed by atoms with Crippen LogP contribution in [0.4, 0.5) is 4.79 Å². The minimum absolute atomic E-state index is 0.0633. The first-order valence-electron chi connectivity index (χ1n) is 18.5. The summed E-state index contributed by atoms with van der Waals surface area (Å²) in [6.07, 6.45) is 6.63. The minimum Gasteiger partial charge on any atom is -0.444 e. The number of aliphatic hydroxyl groups is 1. The summed E-state index contributed by atoms with van der Waals surface area (Å²) in [7, 11) is 1.60. The van der Waals surface area contributed by atoms with Gasteiger partial charge in [0, 0.05) is 19.5 Å². The molecule has 10 heteroatoms. The fourth-order valence-corrected chi connectivity index (χ4v) is 6.37. The first-order valence-corrected chi connectivity index (χ1v) is 18.5. The molecule has 49 heavy (non-hydrogen) atoms. The van der Waals surface area contributed by atoms with E-state index in [4.69, 9.17) is 4.74 Å². The Hall–Kier alpha value is -3.14. The number of amides is 4. The molecule has 5 atom stereocenters. The molecule has 2 rings (SSSR count). The Labute approximate surface area is 295 Å². The molecule has 4 N–H and O–H groups in total. The lowest BCUT2D eigenvalue weighted by Gasteiger charge is -2.35. The minimum atomic E-state index is -0.933. The molecule has 0 radical (unpaired) electrons. The van der Waals surface area contributed by atoms with Gasteiger partial charge in [-0.3, -0.25) is 14.4 Å². The second kappa shape index (κ2) is 19.9. The second-order valence-electron chi connectivity index (χ2n) is 16.3. The van der Waals surface area contributed by atoms with Crippen molar-refractivity contribution in [3.05, 3.63) is 35.9 Å². The summed E-state index contributed by atoms with van der Waals surface area (Å²) in [5.74, 6) is -0.929. The van der Waals surface area contributed by atoms with E-state index in [1.165, 1.54) is 11.3 Å². The number of ether oxygens (including phenoxy) is 1. The fourth-order valence-electron chi connectivity index (χ4n) is 6.37. The van der Waals surface area contributed by atoms with Crippen LogP contribution in [0.15, 0.2) is 30.3 Å². The average molecular weight is 687 g/mol. The lowest BCUT2D eigenvalue weighted by atomic mass is 9.82. The number of hydrogen-bond acceptors (Lipinski definition) is 6. The standard InChI is InChI=1S/C39H66N4O6/c1-10-17-32(43(9)36(47)30(42-37(48)49-39(6,7)8)23-22-28-18-13-11-14-19-28)35(46)41-31(25-29-20-15-12-16-21-29)33(44)24-27(2)34(45)40-26-38(3,4)5/h11,13-14,18-19,27,29-33,44H,10,12,15-17,20-26H2,1-9H3,(H,40,45)(H,41,46)(H,42,48)/t27-,30+,31+,32+,33+/m1/s1. The molecule has 4 amide bonds. The summed E-state index contributed by atoms with van der Waals surface area (Å²) in [5, 5.41) is 20.4. The molecule has 0 unspecified atom stereocenters. The zero-order valence-electron chi connectivity index (χ0n) is 31.8. The Kier molecular flexibility index (Phi) is 17.1. The van der Waals surface area contributed by atoms with E-state index < -0.39 is 41.8 Å². The fraction of sp³-hybridized carbons (Fsp3) is 0.744. The third-order valence-electron chi connectivity index (χ3n) is 9.17. The number of carbonyl (C=O) groups is 4. The van der Waals surface area contributed by atoms with Crippen LogP contribution in [0.25, 0.3) is 0 Å². The summed E-state index contributed by atoms with van der Waals surface area (Å²) in [5.41, 5.74) is 0.219. The van der Waals surface area contributed by atoms with Crippen LogP contribution >= 0.6 is 0 Å². The number of aryl methyl sites for hydroxylation is 1. The van der Waals surface area contributed by atoms with E-state index in [2.05, 4.69) is 36.7 Å². The van der Waals surface area contributed by atoms with E-state index in [1.807, 2.05) is 37.3 Å². The first-order chi connectivity index (χ1) is 22.9. The summed E-state index contributed by atoms with van der Waals surface area (Å²) < 4.78 is 5.48. The van der Waals surface area contributed by atoms with Gasteiger partial charge in [0.05, 0.1) is 12.1 Å². The zero-order valence-corrected chi connectivity index (χ0v) is 31.8. The number of nitrogens with zero attached hydrogens (tertiary/aromatic N) is 1. The zero-order chi connectivity index (χ0) is 36.8. The van der Waals surface area contributed by atoms with Gasteiger partial charge >= 0.3 is 6.09 Å². The highest BCUT2D eigenvalue weighted by molar-refractivity contribution is 5.91. The predicted octanol–water partition coefficient (Wildman–Crippen LogP) is 6.14. The topological polar surface area (TPSA) is 137 Å².